The number of carbonyl (C=O) groups is 1. The average molecular weight is 403 g/mol. The first kappa shape index (κ1) is 18.5. The predicted molar refractivity (Wildman–Crippen MR) is 122 cm³/mol. The topological polar surface area (TPSA) is 41.1 Å². The third-order valence-electron chi connectivity index (χ3n) is 4.38. The number of thioether (sulfide) groups is 1. The van der Waals surface area contributed by atoms with Crippen LogP contribution in [0, 0.1) is 0 Å². The number of thiocarbonyl (C=S) groups is 1. The largest absolute Gasteiger partial charge is 0.381 e. The maximum atomic E-state index is 11.9. The molecule has 2 N–H and O–H groups in total. The maximum Gasteiger partial charge on any atom is 0.263 e. The molecule has 28 heavy (non-hydrogen) atoms. The molecule has 3 aromatic carbocycles. The fourth-order valence-corrected chi connectivity index (χ4v) is 4.01. The van der Waals surface area contributed by atoms with Gasteiger partial charge in [-0.1, -0.05) is 84.6 Å². The number of hydrogen-bond donors (Lipinski definition) is 2. The van der Waals surface area contributed by atoms with Crippen LogP contribution in [-0.2, 0) is 11.3 Å². The molecule has 0 radical (unpaired) electrons. The Kier molecular flexibility index (Phi) is 5.55. The number of amides is 1. The van der Waals surface area contributed by atoms with Crippen LogP contribution in [0.3, 0.4) is 0 Å². The van der Waals surface area contributed by atoms with Crippen LogP contribution >= 0.6 is 24.0 Å². The Morgan fingerprint density at radius 2 is 1.71 bits per heavy atom. The molecule has 0 aliphatic carbocycles. The van der Waals surface area contributed by atoms with E-state index in [1.54, 1.807) is 0 Å². The van der Waals surface area contributed by atoms with Crippen LogP contribution in [-0.4, -0.2) is 10.2 Å². The standard InChI is InChI=1S/C23H18N2OS2/c26-22-21(28-23(27)25-22)14-17-7-4-8-19(13-17)18-9-11-20(12-10-18)24-15-16-5-2-1-3-6-16/h1-14,24H,15H2,(H,25,26,27)/b21-14-. The SMILES string of the molecule is O=C1NC(=S)S/C1=C\c1cccc(-c2ccc(NCc3ccccc3)cc2)c1. The summed E-state index contributed by atoms with van der Waals surface area (Å²) in [5, 5.41) is 6.08. The Hall–Kier alpha value is -2.89. The highest BCUT2D eigenvalue weighted by Gasteiger charge is 2.21. The minimum Gasteiger partial charge on any atom is -0.381 e. The van der Waals surface area contributed by atoms with E-state index in [0.29, 0.717) is 9.23 Å². The molecule has 3 aromatic rings. The second-order valence-corrected chi connectivity index (χ2v) is 8.11. The van der Waals surface area contributed by atoms with Crippen LogP contribution in [0.1, 0.15) is 11.1 Å². The summed E-state index contributed by atoms with van der Waals surface area (Å²) < 4.78 is 0.506. The second-order valence-electron chi connectivity index (χ2n) is 6.39. The molecule has 4 rings (SSSR count). The third-order valence-corrected chi connectivity index (χ3v) is 5.55. The van der Waals surface area contributed by atoms with Gasteiger partial charge < -0.3 is 10.6 Å². The van der Waals surface area contributed by atoms with Gasteiger partial charge in [-0.25, -0.2) is 0 Å². The number of nitrogens with one attached hydrogen (secondary N) is 2. The number of anilines is 1. The van der Waals surface area contributed by atoms with Crippen LogP contribution in [0.15, 0.2) is 83.8 Å². The second kappa shape index (κ2) is 8.42. The molecule has 1 aliphatic heterocycles. The zero-order valence-electron chi connectivity index (χ0n) is 15.0. The molecule has 1 amide bonds. The van der Waals surface area contributed by atoms with Crippen molar-refractivity contribution < 1.29 is 4.79 Å². The van der Waals surface area contributed by atoms with E-state index < -0.39 is 0 Å². The lowest BCUT2D eigenvalue weighted by molar-refractivity contribution is -0.115. The van der Waals surface area contributed by atoms with Gasteiger partial charge in [0.15, 0.2) is 0 Å². The van der Waals surface area contributed by atoms with Gasteiger partial charge in [0.1, 0.15) is 4.32 Å². The van der Waals surface area contributed by atoms with Crippen molar-refractivity contribution in [2.75, 3.05) is 5.32 Å². The molecule has 0 spiro atoms. The minimum atomic E-state index is -0.130. The molecule has 5 heteroatoms. The van der Waals surface area contributed by atoms with E-state index in [0.717, 1.165) is 28.9 Å². The van der Waals surface area contributed by atoms with Crippen molar-refractivity contribution in [2.24, 2.45) is 0 Å². The summed E-state index contributed by atoms with van der Waals surface area (Å²) in [4.78, 5) is 12.5. The molecule has 138 valence electrons. The molecule has 1 saturated heterocycles. The van der Waals surface area contributed by atoms with Gasteiger partial charge in [0.25, 0.3) is 5.91 Å². The molecule has 0 aromatic heterocycles. The summed E-state index contributed by atoms with van der Waals surface area (Å²) in [6, 6.07) is 26.8. The molecule has 3 nitrogen and oxygen atoms in total. The molecular formula is C23H18N2OS2. The highest BCUT2D eigenvalue weighted by Crippen LogP contribution is 2.28. The predicted octanol–water partition coefficient (Wildman–Crippen LogP) is 5.45. The highest BCUT2D eigenvalue weighted by molar-refractivity contribution is 8.26. The first-order valence-corrected chi connectivity index (χ1v) is 10.1. The van der Waals surface area contributed by atoms with Gasteiger partial charge in [-0.05, 0) is 46.5 Å². The van der Waals surface area contributed by atoms with Crippen LogP contribution in [0.25, 0.3) is 17.2 Å². The summed E-state index contributed by atoms with van der Waals surface area (Å²) in [7, 11) is 0. The summed E-state index contributed by atoms with van der Waals surface area (Å²) in [5.74, 6) is -0.130. The first-order chi connectivity index (χ1) is 13.7. The molecule has 0 atom stereocenters. The van der Waals surface area contributed by atoms with Crippen molar-refractivity contribution in [1.82, 2.24) is 5.32 Å². The molecule has 1 aliphatic rings. The molecule has 0 unspecified atom stereocenters. The van der Waals surface area contributed by atoms with E-state index in [4.69, 9.17) is 12.2 Å². The number of hydrogen-bond acceptors (Lipinski definition) is 4. The van der Waals surface area contributed by atoms with E-state index >= 15 is 0 Å². The fraction of sp³-hybridized carbons (Fsp3) is 0.0435. The number of carbonyl (C=O) groups excluding carboxylic acids is 1. The summed E-state index contributed by atoms with van der Waals surface area (Å²) in [6.45, 7) is 0.796. The van der Waals surface area contributed by atoms with Crippen molar-refractivity contribution in [3.8, 4) is 11.1 Å². The highest BCUT2D eigenvalue weighted by atomic mass is 32.2. The van der Waals surface area contributed by atoms with Gasteiger partial charge in [0.2, 0.25) is 0 Å². The van der Waals surface area contributed by atoms with E-state index in [-0.39, 0.29) is 5.91 Å². The van der Waals surface area contributed by atoms with Gasteiger partial charge in [-0.15, -0.1) is 0 Å². The fourth-order valence-electron chi connectivity index (χ4n) is 2.96. The van der Waals surface area contributed by atoms with Crippen LogP contribution < -0.4 is 10.6 Å². The Labute approximate surface area is 173 Å². The zero-order valence-corrected chi connectivity index (χ0v) is 16.6. The van der Waals surface area contributed by atoms with E-state index in [9.17, 15) is 4.79 Å². The quantitative estimate of drug-likeness (QED) is 0.440. The first-order valence-electron chi connectivity index (χ1n) is 8.90. The lowest BCUT2D eigenvalue weighted by atomic mass is 10.0. The Morgan fingerprint density at radius 3 is 2.43 bits per heavy atom. The summed E-state index contributed by atoms with van der Waals surface area (Å²) in [6.07, 6.45) is 1.87. The molecular weight excluding hydrogens is 384 g/mol. The van der Waals surface area contributed by atoms with Crippen molar-refractivity contribution in [1.29, 1.82) is 0 Å². The Morgan fingerprint density at radius 1 is 0.929 bits per heavy atom. The lowest BCUT2D eigenvalue weighted by Crippen LogP contribution is -2.17. The third kappa shape index (κ3) is 4.50. The maximum absolute atomic E-state index is 11.9. The monoisotopic (exact) mass is 402 g/mol. The molecule has 0 bridgehead atoms. The van der Waals surface area contributed by atoms with Gasteiger partial charge in [-0.2, -0.15) is 0 Å². The van der Waals surface area contributed by atoms with Crippen LogP contribution in [0.5, 0.6) is 0 Å². The smallest absolute Gasteiger partial charge is 0.263 e. The minimum absolute atomic E-state index is 0.130. The van der Waals surface area contributed by atoms with Crippen LogP contribution in [0.2, 0.25) is 0 Å². The normalized spacial score (nSPS) is 14.9. The summed E-state index contributed by atoms with van der Waals surface area (Å²) >= 11 is 6.34. The van der Waals surface area contributed by atoms with E-state index in [1.807, 2.05) is 36.4 Å². The zero-order chi connectivity index (χ0) is 19.3. The van der Waals surface area contributed by atoms with Gasteiger partial charge in [0, 0.05) is 12.2 Å². The van der Waals surface area contributed by atoms with E-state index in [1.165, 1.54) is 17.3 Å². The van der Waals surface area contributed by atoms with Crippen molar-refractivity contribution in [3.05, 3.63) is 94.9 Å². The Balaban J connectivity index is 1.48. The molecule has 0 saturated carbocycles. The van der Waals surface area contributed by atoms with Crippen molar-refractivity contribution >= 4 is 46.0 Å². The molecule has 1 fully saturated rings. The van der Waals surface area contributed by atoms with Crippen LogP contribution in [0.4, 0.5) is 5.69 Å². The average Bonchev–Trinajstić information content (AvgIpc) is 3.04. The molecule has 1 heterocycles. The van der Waals surface area contributed by atoms with E-state index in [2.05, 4.69) is 59.2 Å². The van der Waals surface area contributed by atoms with Gasteiger partial charge in [0.05, 0.1) is 4.91 Å². The van der Waals surface area contributed by atoms with Crippen molar-refractivity contribution in [2.45, 2.75) is 6.54 Å². The van der Waals surface area contributed by atoms with Gasteiger partial charge >= 0.3 is 0 Å². The number of benzene rings is 3. The van der Waals surface area contributed by atoms with Crippen molar-refractivity contribution in [3.63, 3.8) is 0 Å². The number of rotatable bonds is 5. The summed E-state index contributed by atoms with van der Waals surface area (Å²) in [5.41, 5.74) is 5.55. The lowest BCUT2D eigenvalue weighted by Gasteiger charge is -2.08. The Bertz CT molecular complexity index is 1040. The van der Waals surface area contributed by atoms with Gasteiger partial charge in [-0.3, -0.25) is 4.79 Å².